The van der Waals surface area contributed by atoms with Gasteiger partial charge in [0.05, 0.1) is 6.34 Å². The molecule has 0 aliphatic rings. The molecule has 0 saturated heterocycles. The Morgan fingerprint density at radius 2 is 2.31 bits per heavy atom. The second-order valence-electron chi connectivity index (χ2n) is 3.08. The Kier molecular flexibility index (Phi) is 4.52. The molecule has 0 atom stereocenters. The molecule has 0 N–H and O–H groups in total. The number of hydrogen-bond acceptors (Lipinski definition) is 3. The van der Waals surface area contributed by atoms with E-state index in [9.17, 15) is 4.79 Å². The number of aliphatic imine (C=N–C) groups is 1. The lowest BCUT2D eigenvalue weighted by Crippen LogP contribution is -2.19. The predicted molar refractivity (Wildman–Crippen MR) is 66.3 cm³/mol. The fraction of sp³-hybridized carbons (Fsp3) is 0.222. The monoisotopic (exact) mass is 260 g/mol. The highest BCUT2D eigenvalue weighted by atomic mass is 35.5. The molecule has 86 valence electrons. The third kappa shape index (κ3) is 3.36. The summed E-state index contributed by atoms with van der Waals surface area (Å²) in [5, 5.41) is 0.0855. The minimum Gasteiger partial charge on any atom is -0.369 e. The molecule has 0 fully saturated rings. The van der Waals surface area contributed by atoms with E-state index in [1.165, 1.54) is 6.20 Å². The highest BCUT2D eigenvalue weighted by molar-refractivity contribution is 6.49. The molecule has 1 rings (SSSR count). The highest BCUT2D eigenvalue weighted by Gasteiger charge is 2.01. The molecule has 1 aromatic heterocycles. The van der Waals surface area contributed by atoms with E-state index < -0.39 is 5.69 Å². The lowest BCUT2D eigenvalue weighted by Gasteiger charge is -2.03. The molecule has 0 radical (unpaired) electrons. The largest absolute Gasteiger partial charge is 0.369 e. The van der Waals surface area contributed by atoms with E-state index in [-0.39, 0.29) is 5.16 Å². The zero-order chi connectivity index (χ0) is 12.1. The quantitative estimate of drug-likeness (QED) is 0.614. The van der Waals surface area contributed by atoms with Gasteiger partial charge in [-0.25, -0.2) is 9.79 Å². The van der Waals surface area contributed by atoms with Crippen LogP contribution in [0.1, 0.15) is 0 Å². The summed E-state index contributed by atoms with van der Waals surface area (Å²) in [6.07, 6.45) is 3.00. The Morgan fingerprint density at radius 1 is 1.62 bits per heavy atom. The molecule has 5 nitrogen and oxygen atoms in total. The van der Waals surface area contributed by atoms with Crippen LogP contribution in [0.5, 0.6) is 0 Å². The van der Waals surface area contributed by atoms with E-state index in [1.54, 1.807) is 17.3 Å². The molecule has 0 bridgehead atoms. The lowest BCUT2D eigenvalue weighted by molar-refractivity contribution is 0.643. The molecule has 1 heterocycles. The predicted octanol–water partition coefficient (Wildman–Crippen LogP) is 1.70. The standard InChI is InChI=1S/C9H10Cl2N4O/c1-14(2)6-12-8-3-4-15(7(11)5-10)9(16)13-8/h3-6H,1-2H3/b7-5-,12-6?. The minimum absolute atomic E-state index is 0.0855. The van der Waals surface area contributed by atoms with Crippen molar-refractivity contribution in [3.63, 3.8) is 0 Å². The number of hydrogen-bond donors (Lipinski definition) is 0. The molecule has 0 aliphatic carbocycles. The van der Waals surface area contributed by atoms with Crippen molar-refractivity contribution in [2.75, 3.05) is 14.1 Å². The van der Waals surface area contributed by atoms with E-state index in [2.05, 4.69) is 9.98 Å². The SMILES string of the molecule is CN(C)C=Nc1ccn(/C(Cl)=C\Cl)c(=O)n1. The van der Waals surface area contributed by atoms with Crippen molar-refractivity contribution in [3.8, 4) is 0 Å². The van der Waals surface area contributed by atoms with Crippen LogP contribution in [0, 0.1) is 0 Å². The number of nitrogens with zero attached hydrogens (tertiary/aromatic N) is 4. The Hall–Kier alpha value is -1.33. The van der Waals surface area contributed by atoms with E-state index in [4.69, 9.17) is 23.2 Å². The molecular formula is C9H10Cl2N4O. The van der Waals surface area contributed by atoms with E-state index in [0.717, 1.165) is 10.1 Å². The summed E-state index contributed by atoms with van der Waals surface area (Å²) in [5.74, 6) is 0.314. The molecule has 0 unspecified atom stereocenters. The van der Waals surface area contributed by atoms with Gasteiger partial charge in [-0.1, -0.05) is 23.2 Å². The van der Waals surface area contributed by atoms with Crippen molar-refractivity contribution in [2.24, 2.45) is 4.99 Å². The average molecular weight is 261 g/mol. The van der Waals surface area contributed by atoms with Crippen molar-refractivity contribution in [2.45, 2.75) is 0 Å². The van der Waals surface area contributed by atoms with Crippen molar-refractivity contribution >= 4 is 40.5 Å². The van der Waals surface area contributed by atoms with Crippen LogP contribution >= 0.6 is 23.2 Å². The van der Waals surface area contributed by atoms with Crippen LogP contribution in [0.25, 0.3) is 5.16 Å². The van der Waals surface area contributed by atoms with Crippen LogP contribution in [0.2, 0.25) is 0 Å². The highest BCUT2D eigenvalue weighted by Crippen LogP contribution is 2.10. The summed E-state index contributed by atoms with van der Waals surface area (Å²) in [5.41, 5.74) is 0.559. The molecule has 0 aliphatic heterocycles. The van der Waals surface area contributed by atoms with Gasteiger partial charge in [-0.15, -0.1) is 0 Å². The second kappa shape index (κ2) is 5.67. The van der Waals surface area contributed by atoms with Crippen LogP contribution in [0.3, 0.4) is 0 Å². The van der Waals surface area contributed by atoms with Crippen molar-refractivity contribution < 1.29 is 0 Å². The molecule has 0 saturated carbocycles. The van der Waals surface area contributed by atoms with Gasteiger partial charge in [0.2, 0.25) is 0 Å². The van der Waals surface area contributed by atoms with Gasteiger partial charge in [-0.05, 0) is 6.07 Å². The van der Waals surface area contributed by atoms with E-state index in [1.807, 2.05) is 14.1 Å². The zero-order valence-electron chi connectivity index (χ0n) is 8.76. The van der Waals surface area contributed by atoms with Crippen LogP contribution in [0.15, 0.2) is 27.6 Å². The van der Waals surface area contributed by atoms with Crippen LogP contribution in [-0.4, -0.2) is 34.9 Å². The fourth-order valence-corrected chi connectivity index (χ4v) is 1.09. The first kappa shape index (κ1) is 12.7. The van der Waals surface area contributed by atoms with Crippen LogP contribution in [-0.2, 0) is 0 Å². The molecular weight excluding hydrogens is 251 g/mol. The summed E-state index contributed by atoms with van der Waals surface area (Å²) < 4.78 is 1.11. The molecule has 7 heteroatoms. The molecule has 0 amide bonds. The van der Waals surface area contributed by atoms with Gasteiger partial charge in [-0.3, -0.25) is 4.57 Å². The van der Waals surface area contributed by atoms with Crippen molar-refractivity contribution in [1.82, 2.24) is 14.5 Å². The second-order valence-corrected chi connectivity index (χ2v) is 3.68. The summed E-state index contributed by atoms with van der Waals surface area (Å²) in [6, 6.07) is 1.56. The summed E-state index contributed by atoms with van der Waals surface area (Å²) >= 11 is 11.1. The fourth-order valence-electron chi connectivity index (χ4n) is 0.856. The van der Waals surface area contributed by atoms with Gasteiger partial charge >= 0.3 is 5.69 Å². The number of aromatic nitrogens is 2. The minimum atomic E-state index is -0.532. The molecule has 0 spiro atoms. The third-order valence-corrected chi connectivity index (χ3v) is 2.14. The Bertz CT molecular complexity index is 479. The van der Waals surface area contributed by atoms with Gasteiger partial charge in [0.25, 0.3) is 0 Å². The van der Waals surface area contributed by atoms with Crippen LogP contribution < -0.4 is 5.69 Å². The summed E-state index contributed by atoms with van der Waals surface area (Å²) in [6.45, 7) is 0. The summed E-state index contributed by atoms with van der Waals surface area (Å²) in [7, 11) is 3.63. The van der Waals surface area contributed by atoms with Crippen molar-refractivity contribution in [1.29, 1.82) is 0 Å². The van der Waals surface area contributed by atoms with Gasteiger partial charge in [0.1, 0.15) is 5.16 Å². The zero-order valence-corrected chi connectivity index (χ0v) is 10.3. The first-order chi connectivity index (χ1) is 7.54. The molecule has 0 aromatic carbocycles. The van der Waals surface area contributed by atoms with Gasteiger partial charge in [-0.2, -0.15) is 4.98 Å². The van der Waals surface area contributed by atoms with Gasteiger partial charge in [0, 0.05) is 25.8 Å². The maximum absolute atomic E-state index is 11.5. The molecule has 16 heavy (non-hydrogen) atoms. The topological polar surface area (TPSA) is 50.5 Å². The maximum Gasteiger partial charge on any atom is 0.354 e. The normalized spacial score (nSPS) is 12.1. The number of halogens is 2. The lowest BCUT2D eigenvalue weighted by atomic mass is 10.6. The molecule has 1 aromatic rings. The van der Waals surface area contributed by atoms with E-state index >= 15 is 0 Å². The van der Waals surface area contributed by atoms with E-state index in [0.29, 0.717) is 5.82 Å². The third-order valence-electron chi connectivity index (χ3n) is 1.53. The van der Waals surface area contributed by atoms with Gasteiger partial charge in [0.15, 0.2) is 5.82 Å². The smallest absolute Gasteiger partial charge is 0.354 e. The van der Waals surface area contributed by atoms with Gasteiger partial charge < -0.3 is 4.90 Å². The Balaban J connectivity index is 3.05. The van der Waals surface area contributed by atoms with Crippen molar-refractivity contribution in [3.05, 3.63) is 28.3 Å². The first-order valence-corrected chi connectivity index (χ1v) is 5.12. The van der Waals surface area contributed by atoms with Crippen LogP contribution in [0.4, 0.5) is 5.82 Å². The first-order valence-electron chi connectivity index (χ1n) is 4.31. The summed E-state index contributed by atoms with van der Waals surface area (Å²) in [4.78, 5) is 20.9. The Labute approximate surface area is 103 Å². The average Bonchev–Trinajstić information content (AvgIpc) is 2.25. The number of rotatable bonds is 3. The Morgan fingerprint density at radius 3 is 2.81 bits per heavy atom. The maximum atomic E-state index is 11.5.